The zero-order valence-electron chi connectivity index (χ0n) is 10.5. The second kappa shape index (κ2) is 6.02. The maximum absolute atomic E-state index is 11.0. The average molecular weight is 288 g/mol. The molecule has 0 aliphatic rings. The largest absolute Gasteiger partial charge is 0.326 e. The molecule has 0 saturated heterocycles. The number of benzene rings is 2. The first kappa shape index (κ1) is 16.1. The van der Waals surface area contributed by atoms with Crippen molar-refractivity contribution in [2.24, 2.45) is 0 Å². The van der Waals surface area contributed by atoms with E-state index < -0.39 is 10.1 Å². The molecule has 2 aromatic carbocycles. The van der Waals surface area contributed by atoms with Gasteiger partial charge in [-0.3, -0.25) is 9.35 Å². The molecule has 2 aromatic rings. The Bertz CT molecular complexity index is 728. The van der Waals surface area contributed by atoms with Gasteiger partial charge >= 0.3 is 0 Å². The van der Waals surface area contributed by atoms with Gasteiger partial charge in [0.2, 0.25) is 5.91 Å². The molecule has 0 atom stereocenters. The van der Waals surface area contributed by atoms with Gasteiger partial charge in [0.1, 0.15) is 0 Å². The molecule has 5 nitrogen and oxygen atoms in total. The smallest absolute Gasteiger partial charge is 0.294 e. The van der Waals surface area contributed by atoms with Crippen LogP contribution < -0.4 is 5.32 Å². The van der Waals surface area contributed by atoms with Crippen LogP contribution >= 0.6 is 0 Å². The fraction of sp³-hybridized carbons (Fsp3) is 0.0833. The molecule has 7 heteroatoms. The third kappa shape index (κ3) is 4.02. The summed E-state index contributed by atoms with van der Waals surface area (Å²) in [5.41, 5.74) is 0.634. The molecule has 0 unspecified atom stereocenters. The molecule has 2 rings (SSSR count). The van der Waals surface area contributed by atoms with Crippen LogP contribution in [-0.4, -0.2) is 48.4 Å². The van der Waals surface area contributed by atoms with Crippen molar-refractivity contribution in [2.45, 2.75) is 11.8 Å². The predicted octanol–water partition coefficient (Wildman–Crippen LogP) is 1.66. The fourth-order valence-corrected chi connectivity index (χ4v) is 2.18. The summed E-state index contributed by atoms with van der Waals surface area (Å²) in [6.45, 7) is 1.41. The van der Waals surface area contributed by atoms with E-state index in [0.29, 0.717) is 11.1 Å². The van der Waals surface area contributed by atoms with E-state index in [4.69, 9.17) is 4.55 Å². The van der Waals surface area contributed by atoms with Crippen LogP contribution in [0, 0.1) is 0 Å². The van der Waals surface area contributed by atoms with Gasteiger partial charge in [0, 0.05) is 42.2 Å². The molecule has 0 aliphatic carbocycles. The van der Waals surface area contributed by atoms with Gasteiger partial charge in [-0.2, -0.15) is 8.42 Å². The Morgan fingerprint density at radius 2 is 1.68 bits per heavy atom. The number of carbonyl (C=O) groups is 1. The Labute approximate surface area is 133 Å². The number of nitrogens with one attached hydrogen (secondary N) is 1. The molecule has 0 bridgehead atoms. The van der Waals surface area contributed by atoms with Crippen molar-refractivity contribution in [3.8, 4) is 0 Å². The zero-order chi connectivity index (χ0) is 13.3. The first-order chi connectivity index (χ1) is 8.36. The molecule has 95 valence electrons. The molecule has 0 aromatic heterocycles. The molecule has 19 heavy (non-hydrogen) atoms. The standard InChI is InChI=1S/C12H11NO4S.Na/c1-8(14)13-11-4-2-10-7-12(18(15,16)17)5-3-9(10)6-11;/h2-7H,1H3,(H,13,14)(H,15,16,17);. The van der Waals surface area contributed by atoms with Crippen LogP contribution in [0.4, 0.5) is 5.69 Å². The summed E-state index contributed by atoms with van der Waals surface area (Å²) < 4.78 is 30.9. The summed E-state index contributed by atoms with van der Waals surface area (Å²) in [4.78, 5) is 10.8. The number of carbonyl (C=O) groups excluding carboxylic acids is 1. The van der Waals surface area contributed by atoms with Gasteiger partial charge < -0.3 is 5.32 Å². The van der Waals surface area contributed by atoms with Gasteiger partial charge in [0.25, 0.3) is 10.1 Å². The van der Waals surface area contributed by atoms with Crippen LogP contribution in [0.1, 0.15) is 6.92 Å². The molecule has 0 aliphatic heterocycles. The van der Waals surface area contributed by atoms with Crippen LogP contribution in [0.2, 0.25) is 0 Å². The van der Waals surface area contributed by atoms with Crippen LogP contribution in [0.3, 0.4) is 0 Å². The summed E-state index contributed by atoms with van der Waals surface area (Å²) in [5.74, 6) is -0.177. The average Bonchev–Trinajstić information content (AvgIpc) is 2.26. The summed E-state index contributed by atoms with van der Waals surface area (Å²) in [6, 6.07) is 9.33. The Hall–Kier alpha value is -0.920. The molecule has 0 heterocycles. The Kier molecular flexibility index (Phi) is 5.11. The van der Waals surface area contributed by atoms with E-state index in [2.05, 4.69) is 5.32 Å². The second-order valence-corrected chi connectivity index (χ2v) is 5.30. The molecule has 0 spiro atoms. The molecular formula is C12H11NNaO4S. The third-order valence-electron chi connectivity index (χ3n) is 2.43. The number of anilines is 1. The van der Waals surface area contributed by atoms with Gasteiger partial charge in [0.15, 0.2) is 0 Å². The van der Waals surface area contributed by atoms with Crippen molar-refractivity contribution in [2.75, 3.05) is 5.32 Å². The minimum atomic E-state index is -4.19. The molecule has 0 saturated carbocycles. The molecule has 1 radical (unpaired) electrons. The number of rotatable bonds is 2. The monoisotopic (exact) mass is 288 g/mol. The maximum atomic E-state index is 11.0. The molecule has 1 amide bonds. The first-order valence-corrected chi connectivity index (χ1v) is 6.59. The quantitative estimate of drug-likeness (QED) is 0.650. The van der Waals surface area contributed by atoms with Crippen LogP contribution in [-0.2, 0) is 14.9 Å². The van der Waals surface area contributed by atoms with E-state index in [1.165, 1.54) is 19.1 Å². The van der Waals surface area contributed by atoms with Crippen LogP contribution in [0.25, 0.3) is 10.8 Å². The number of fused-ring (bicyclic) bond motifs is 1. The van der Waals surface area contributed by atoms with E-state index in [0.717, 1.165) is 5.39 Å². The summed E-state index contributed by atoms with van der Waals surface area (Å²) in [6.07, 6.45) is 0. The zero-order valence-corrected chi connectivity index (χ0v) is 13.4. The van der Waals surface area contributed by atoms with E-state index in [1.54, 1.807) is 24.3 Å². The van der Waals surface area contributed by atoms with Crippen molar-refractivity contribution >= 4 is 62.0 Å². The summed E-state index contributed by atoms with van der Waals surface area (Å²) >= 11 is 0. The van der Waals surface area contributed by atoms with E-state index >= 15 is 0 Å². The number of hydrogen-bond acceptors (Lipinski definition) is 3. The van der Waals surface area contributed by atoms with E-state index in [9.17, 15) is 13.2 Å². The van der Waals surface area contributed by atoms with Gasteiger partial charge in [0.05, 0.1) is 4.90 Å². The van der Waals surface area contributed by atoms with Crippen LogP contribution in [0.15, 0.2) is 41.3 Å². The maximum Gasteiger partial charge on any atom is 0.294 e. The predicted molar refractivity (Wildman–Crippen MR) is 73.8 cm³/mol. The minimum absolute atomic E-state index is 0. The molecular weight excluding hydrogens is 277 g/mol. The van der Waals surface area contributed by atoms with Crippen LogP contribution in [0.5, 0.6) is 0 Å². The Balaban J connectivity index is 0.00000180. The molecule has 2 N–H and O–H groups in total. The minimum Gasteiger partial charge on any atom is -0.326 e. The van der Waals surface area contributed by atoms with Crippen molar-refractivity contribution < 1.29 is 17.8 Å². The van der Waals surface area contributed by atoms with Crippen molar-refractivity contribution in [1.29, 1.82) is 0 Å². The van der Waals surface area contributed by atoms with Gasteiger partial charge in [-0.05, 0) is 35.0 Å². The van der Waals surface area contributed by atoms with E-state index in [-0.39, 0.29) is 40.4 Å². The SMILES string of the molecule is CC(=O)Nc1ccc2cc(S(=O)(=O)O)ccc2c1.[Na]. The van der Waals surface area contributed by atoms with Crippen molar-refractivity contribution in [1.82, 2.24) is 0 Å². The van der Waals surface area contributed by atoms with Gasteiger partial charge in [-0.25, -0.2) is 0 Å². The topological polar surface area (TPSA) is 83.5 Å². The second-order valence-electron chi connectivity index (χ2n) is 3.88. The third-order valence-corrected chi connectivity index (χ3v) is 3.28. The Morgan fingerprint density at radius 1 is 1.11 bits per heavy atom. The summed E-state index contributed by atoms with van der Waals surface area (Å²) in [5, 5.41) is 4.07. The van der Waals surface area contributed by atoms with Crippen molar-refractivity contribution in [3.63, 3.8) is 0 Å². The summed E-state index contributed by atoms with van der Waals surface area (Å²) in [7, 11) is -4.19. The normalized spacial score (nSPS) is 10.8. The molecule has 0 fully saturated rings. The first-order valence-electron chi connectivity index (χ1n) is 5.15. The van der Waals surface area contributed by atoms with Gasteiger partial charge in [-0.1, -0.05) is 12.1 Å². The fourth-order valence-electron chi connectivity index (χ4n) is 1.67. The Morgan fingerprint density at radius 3 is 2.26 bits per heavy atom. The van der Waals surface area contributed by atoms with Crippen molar-refractivity contribution in [3.05, 3.63) is 36.4 Å². The number of hydrogen-bond donors (Lipinski definition) is 2. The number of amides is 1. The van der Waals surface area contributed by atoms with E-state index in [1.807, 2.05) is 0 Å². The van der Waals surface area contributed by atoms with Gasteiger partial charge in [-0.15, -0.1) is 0 Å².